The van der Waals surface area contributed by atoms with Gasteiger partial charge in [0.2, 0.25) is 5.91 Å². The molecule has 3 unspecified atom stereocenters. The number of allylic oxidation sites excluding steroid dienone is 12. The van der Waals surface area contributed by atoms with Gasteiger partial charge >= 0.3 is 5.97 Å². The van der Waals surface area contributed by atoms with Gasteiger partial charge < -0.3 is 20.3 Å². The van der Waals surface area contributed by atoms with Gasteiger partial charge in [-0.05, 0) is 77.0 Å². The summed E-state index contributed by atoms with van der Waals surface area (Å²) in [6.07, 6.45) is 52.5. The molecule has 6 nitrogen and oxygen atoms in total. The second-order valence-electron chi connectivity index (χ2n) is 15.1. The molecule has 6 heteroatoms. The highest BCUT2D eigenvalue weighted by molar-refractivity contribution is 5.77. The van der Waals surface area contributed by atoms with Crippen molar-refractivity contribution in [3.8, 4) is 0 Å². The summed E-state index contributed by atoms with van der Waals surface area (Å²) in [6.45, 7) is 6.19. The first kappa shape index (κ1) is 52.3. The predicted octanol–water partition coefficient (Wildman–Crippen LogP) is 13.1. The fraction of sp³-hybridized carbons (Fsp3) is 0.714. The molecule has 0 aromatic rings. The normalized spacial score (nSPS) is 14.1. The number of carbonyl (C=O) groups excluding carboxylic acids is 2. The van der Waals surface area contributed by atoms with E-state index in [9.17, 15) is 19.8 Å². The third-order valence-corrected chi connectivity index (χ3v) is 9.84. The molecule has 3 N–H and O–H groups in total. The highest BCUT2D eigenvalue weighted by Crippen LogP contribution is 2.17. The van der Waals surface area contributed by atoms with Crippen molar-refractivity contribution in [3.05, 3.63) is 72.9 Å². The van der Waals surface area contributed by atoms with Crippen molar-refractivity contribution in [2.24, 2.45) is 0 Å². The molecule has 0 heterocycles. The van der Waals surface area contributed by atoms with Crippen LogP contribution in [0.5, 0.6) is 0 Å². The summed E-state index contributed by atoms with van der Waals surface area (Å²) in [5.41, 5.74) is 0. The Morgan fingerprint density at radius 2 is 1.07 bits per heavy atom. The molecular weight excluding hydrogens is 683 g/mol. The van der Waals surface area contributed by atoms with Gasteiger partial charge in [-0.2, -0.15) is 0 Å². The van der Waals surface area contributed by atoms with E-state index in [1.165, 1.54) is 38.5 Å². The van der Waals surface area contributed by atoms with E-state index in [2.05, 4.69) is 99.0 Å². The Kier molecular flexibility index (Phi) is 40.4. The Morgan fingerprint density at radius 3 is 1.69 bits per heavy atom. The second-order valence-corrected chi connectivity index (χ2v) is 15.1. The lowest BCUT2D eigenvalue weighted by Crippen LogP contribution is -2.46. The van der Waals surface area contributed by atoms with Crippen LogP contribution in [0, 0.1) is 0 Å². The Hall–Kier alpha value is -2.70. The van der Waals surface area contributed by atoms with Crippen LogP contribution < -0.4 is 5.32 Å². The van der Waals surface area contributed by atoms with Crippen LogP contribution in [-0.2, 0) is 14.3 Å². The minimum absolute atomic E-state index is 0.0507. The molecule has 0 aliphatic rings. The SMILES string of the molecule is CC/C=C/C=C/C=C\CCCCCCCC(=O)OC(CCCCCC/C=C/C/C=C/C/C=C/CC)CC(=O)NC(CO)C(O)CCCCCCCCCCC. The highest BCUT2D eigenvalue weighted by Gasteiger charge is 2.24. The first-order chi connectivity index (χ1) is 27.0. The molecule has 0 radical (unpaired) electrons. The molecule has 0 rings (SSSR count). The summed E-state index contributed by atoms with van der Waals surface area (Å²) in [5.74, 6) is -0.528. The second kappa shape index (κ2) is 42.4. The van der Waals surface area contributed by atoms with E-state index < -0.39 is 18.2 Å². The van der Waals surface area contributed by atoms with E-state index in [0.29, 0.717) is 19.3 Å². The number of nitrogens with one attached hydrogen (secondary N) is 1. The van der Waals surface area contributed by atoms with Crippen LogP contribution in [0.2, 0.25) is 0 Å². The molecule has 0 aliphatic heterocycles. The zero-order valence-electron chi connectivity index (χ0n) is 35.8. The molecule has 55 heavy (non-hydrogen) atoms. The van der Waals surface area contributed by atoms with E-state index in [4.69, 9.17) is 4.74 Å². The molecule has 0 aliphatic carbocycles. The van der Waals surface area contributed by atoms with E-state index in [1.54, 1.807) is 0 Å². The maximum absolute atomic E-state index is 13.1. The first-order valence-electron chi connectivity index (χ1n) is 22.7. The number of carbonyl (C=O) groups is 2. The summed E-state index contributed by atoms with van der Waals surface area (Å²) in [4.78, 5) is 26.0. The van der Waals surface area contributed by atoms with Crippen molar-refractivity contribution >= 4 is 11.9 Å². The van der Waals surface area contributed by atoms with Crippen LogP contribution >= 0.6 is 0 Å². The first-order valence-corrected chi connectivity index (χ1v) is 22.7. The molecule has 0 bridgehead atoms. The van der Waals surface area contributed by atoms with Crippen molar-refractivity contribution in [1.82, 2.24) is 5.32 Å². The monoisotopic (exact) mass is 768 g/mol. The van der Waals surface area contributed by atoms with Crippen molar-refractivity contribution in [3.63, 3.8) is 0 Å². The minimum atomic E-state index is -0.798. The van der Waals surface area contributed by atoms with Crippen LogP contribution in [0.15, 0.2) is 72.9 Å². The molecule has 0 saturated carbocycles. The lowest BCUT2D eigenvalue weighted by molar-refractivity contribution is -0.151. The fourth-order valence-electron chi connectivity index (χ4n) is 6.44. The lowest BCUT2D eigenvalue weighted by Gasteiger charge is -2.24. The Balaban J connectivity index is 4.70. The van der Waals surface area contributed by atoms with Gasteiger partial charge in [0.1, 0.15) is 6.10 Å². The van der Waals surface area contributed by atoms with Gasteiger partial charge in [-0.15, -0.1) is 0 Å². The molecule has 0 spiro atoms. The smallest absolute Gasteiger partial charge is 0.306 e. The molecule has 1 amide bonds. The van der Waals surface area contributed by atoms with Crippen LogP contribution in [0.1, 0.15) is 201 Å². The van der Waals surface area contributed by atoms with Crippen LogP contribution in [0.25, 0.3) is 0 Å². The van der Waals surface area contributed by atoms with Gasteiger partial charge in [-0.1, -0.05) is 184 Å². The van der Waals surface area contributed by atoms with Gasteiger partial charge in [-0.25, -0.2) is 0 Å². The Bertz CT molecular complexity index is 1040. The number of rotatable bonds is 39. The van der Waals surface area contributed by atoms with Gasteiger partial charge in [0.05, 0.1) is 25.2 Å². The molecule has 3 atom stereocenters. The average molecular weight is 768 g/mol. The van der Waals surface area contributed by atoms with E-state index in [0.717, 1.165) is 116 Å². The molecule has 0 aromatic heterocycles. The van der Waals surface area contributed by atoms with Gasteiger partial charge in [-0.3, -0.25) is 9.59 Å². The van der Waals surface area contributed by atoms with Crippen molar-refractivity contribution in [2.45, 2.75) is 219 Å². The fourth-order valence-corrected chi connectivity index (χ4v) is 6.44. The third-order valence-electron chi connectivity index (χ3n) is 9.84. The molecule has 0 fully saturated rings. The lowest BCUT2D eigenvalue weighted by atomic mass is 10.0. The van der Waals surface area contributed by atoms with Gasteiger partial charge in [0, 0.05) is 6.42 Å². The number of hydrogen-bond acceptors (Lipinski definition) is 5. The van der Waals surface area contributed by atoms with Crippen molar-refractivity contribution in [2.75, 3.05) is 6.61 Å². The highest BCUT2D eigenvalue weighted by atomic mass is 16.5. The van der Waals surface area contributed by atoms with Crippen molar-refractivity contribution in [1.29, 1.82) is 0 Å². The number of amides is 1. The van der Waals surface area contributed by atoms with Crippen LogP contribution in [-0.4, -0.2) is 46.9 Å². The standard InChI is InChI=1S/C49H85NO5/c1-4-7-10-13-16-19-21-23-25-26-29-31-34-37-40-45(55-49(54)42-39-36-33-30-27-24-22-20-17-14-11-8-5-2)43-48(53)50-46(44-51)47(52)41-38-35-32-28-18-15-12-9-6-3/h7-8,10-11,14,16-17,19-20,22-23,25,45-47,51-52H,4-6,9,12-13,15,18,21,24,26-44H2,1-3H3,(H,50,53)/b10-7+,11-8+,17-14+,19-16+,22-20-,25-23+. The number of aliphatic hydroxyl groups excluding tert-OH is 2. The van der Waals surface area contributed by atoms with E-state index in [-0.39, 0.29) is 24.9 Å². The maximum atomic E-state index is 13.1. The molecular formula is C49H85NO5. The summed E-state index contributed by atoms with van der Waals surface area (Å²) < 4.78 is 5.88. The largest absolute Gasteiger partial charge is 0.462 e. The van der Waals surface area contributed by atoms with Gasteiger partial charge in [0.25, 0.3) is 0 Å². The van der Waals surface area contributed by atoms with Crippen molar-refractivity contribution < 1.29 is 24.5 Å². The number of aliphatic hydroxyl groups is 2. The zero-order valence-corrected chi connectivity index (χ0v) is 35.8. The summed E-state index contributed by atoms with van der Waals surface area (Å²) in [7, 11) is 0. The summed E-state index contributed by atoms with van der Waals surface area (Å²) >= 11 is 0. The minimum Gasteiger partial charge on any atom is -0.462 e. The van der Waals surface area contributed by atoms with E-state index in [1.807, 2.05) is 0 Å². The number of hydrogen-bond donors (Lipinski definition) is 3. The predicted molar refractivity (Wildman–Crippen MR) is 236 cm³/mol. The number of ether oxygens (including phenoxy) is 1. The van der Waals surface area contributed by atoms with Crippen LogP contribution in [0.4, 0.5) is 0 Å². The third kappa shape index (κ3) is 38.0. The van der Waals surface area contributed by atoms with Gasteiger partial charge in [0.15, 0.2) is 0 Å². The summed E-state index contributed by atoms with van der Waals surface area (Å²) in [5, 5.41) is 23.6. The molecule has 316 valence electrons. The Labute approximate surface area is 339 Å². The van der Waals surface area contributed by atoms with E-state index >= 15 is 0 Å². The van der Waals surface area contributed by atoms with Crippen LogP contribution in [0.3, 0.4) is 0 Å². The maximum Gasteiger partial charge on any atom is 0.306 e. The number of esters is 1. The average Bonchev–Trinajstić information content (AvgIpc) is 3.18. The quantitative estimate of drug-likeness (QED) is 0.0250. The molecule has 0 saturated heterocycles. The zero-order chi connectivity index (χ0) is 40.3. The summed E-state index contributed by atoms with van der Waals surface area (Å²) in [6, 6.07) is -0.714. The number of unbranched alkanes of at least 4 members (excludes halogenated alkanes) is 17. The Morgan fingerprint density at radius 1 is 0.564 bits per heavy atom. The topological polar surface area (TPSA) is 95.9 Å². The molecule has 0 aromatic carbocycles.